The predicted molar refractivity (Wildman–Crippen MR) is 63.0 cm³/mol. The minimum absolute atomic E-state index is 0.0521. The molecule has 18 heavy (non-hydrogen) atoms. The number of carbonyl (C=O) groups excluding carboxylic acids is 1. The van der Waals surface area contributed by atoms with E-state index in [2.05, 4.69) is 0 Å². The van der Waals surface area contributed by atoms with Crippen molar-refractivity contribution in [3.8, 4) is 0 Å². The first-order valence-electron chi connectivity index (χ1n) is 5.76. The van der Waals surface area contributed by atoms with Crippen LogP contribution >= 0.6 is 0 Å². The van der Waals surface area contributed by atoms with Crippen LogP contribution in [-0.4, -0.2) is 66.9 Å². The van der Waals surface area contributed by atoms with Gasteiger partial charge in [0, 0.05) is 13.7 Å². The van der Waals surface area contributed by atoms with Crippen LogP contribution in [0.1, 0.15) is 13.3 Å². The summed E-state index contributed by atoms with van der Waals surface area (Å²) < 4.78 is 10.3. The van der Waals surface area contributed by atoms with Gasteiger partial charge in [0.1, 0.15) is 12.2 Å². The summed E-state index contributed by atoms with van der Waals surface area (Å²) in [5.74, 6) is -1.06. The van der Waals surface area contributed by atoms with Crippen molar-refractivity contribution in [2.24, 2.45) is 5.73 Å². The maximum atomic E-state index is 11.8. The third-order valence-electron chi connectivity index (χ3n) is 2.95. The van der Waals surface area contributed by atoms with Gasteiger partial charge in [0.25, 0.3) is 0 Å². The molecule has 1 unspecified atom stereocenters. The van der Waals surface area contributed by atoms with E-state index in [-0.39, 0.29) is 25.0 Å². The molecule has 0 radical (unpaired) electrons. The van der Waals surface area contributed by atoms with Gasteiger partial charge in [-0.2, -0.15) is 0 Å². The molecule has 0 spiro atoms. The largest absolute Gasteiger partial charge is 0.480 e. The first-order valence-corrected chi connectivity index (χ1v) is 5.76. The molecule has 1 fully saturated rings. The summed E-state index contributed by atoms with van der Waals surface area (Å²) in [4.78, 5) is 23.8. The van der Waals surface area contributed by atoms with Gasteiger partial charge < -0.3 is 25.2 Å². The van der Waals surface area contributed by atoms with Gasteiger partial charge in [0.15, 0.2) is 0 Å². The zero-order valence-corrected chi connectivity index (χ0v) is 10.7. The van der Waals surface area contributed by atoms with Gasteiger partial charge in [-0.3, -0.25) is 4.79 Å². The number of nitrogens with zero attached hydrogens (tertiary/aromatic N) is 1. The Bertz CT molecular complexity index is 311. The van der Waals surface area contributed by atoms with Crippen LogP contribution in [0, 0.1) is 0 Å². The second-order valence-corrected chi connectivity index (χ2v) is 4.68. The van der Waals surface area contributed by atoms with Crippen molar-refractivity contribution in [3.05, 3.63) is 0 Å². The van der Waals surface area contributed by atoms with E-state index in [1.54, 1.807) is 11.8 Å². The topological polar surface area (TPSA) is 102 Å². The number of rotatable bonds is 7. The number of carboxylic acid groups (broad SMARTS) is 1. The number of hydrogen-bond donors (Lipinski definition) is 2. The molecule has 1 amide bonds. The highest BCUT2D eigenvalue weighted by Gasteiger charge is 2.42. The molecule has 0 aromatic carbocycles. The van der Waals surface area contributed by atoms with Crippen molar-refractivity contribution in [2.45, 2.75) is 25.0 Å². The van der Waals surface area contributed by atoms with Crippen LogP contribution < -0.4 is 5.73 Å². The van der Waals surface area contributed by atoms with Crippen molar-refractivity contribution < 1.29 is 24.2 Å². The highest BCUT2D eigenvalue weighted by atomic mass is 16.5. The summed E-state index contributed by atoms with van der Waals surface area (Å²) in [7, 11) is 1.51. The molecular formula is C11H20N2O5. The monoisotopic (exact) mass is 260 g/mol. The summed E-state index contributed by atoms with van der Waals surface area (Å²) in [5, 5.41) is 8.52. The van der Waals surface area contributed by atoms with Gasteiger partial charge in [-0.1, -0.05) is 0 Å². The maximum absolute atomic E-state index is 11.8. The zero-order valence-electron chi connectivity index (χ0n) is 10.7. The minimum atomic E-state index is -1.01. The molecule has 1 saturated heterocycles. The van der Waals surface area contributed by atoms with Crippen molar-refractivity contribution in [2.75, 3.05) is 33.4 Å². The Morgan fingerprint density at radius 1 is 1.50 bits per heavy atom. The summed E-state index contributed by atoms with van der Waals surface area (Å²) in [6, 6.07) is 0. The molecule has 1 atom stereocenters. The molecule has 1 rings (SSSR count). The number of methoxy groups -OCH3 is 1. The van der Waals surface area contributed by atoms with Crippen LogP contribution in [0.4, 0.5) is 0 Å². The lowest BCUT2D eigenvalue weighted by Gasteiger charge is -2.47. The van der Waals surface area contributed by atoms with Gasteiger partial charge in [0.05, 0.1) is 25.6 Å². The molecule has 0 aromatic heterocycles. The van der Waals surface area contributed by atoms with Gasteiger partial charge in [0.2, 0.25) is 5.91 Å². The number of ether oxygens (including phenoxy) is 2. The lowest BCUT2D eigenvalue weighted by molar-refractivity contribution is -0.174. The SMILES string of the molecule is COC(CN)CC(=O)N1CC(C)(OCC(=O)O)C1. The maximum Gasteiger partial charge on any atom is 0.329 e. The van der Waals surface area contributed by atoms with Gasteiger partial charge in [-0.15, -0.1) is 0 Å². The molecule has 3 N–H and O–H groups in total. The van der Waals surface area contributed by atoms with E-state index in [0.717, 1.165) is 0 Å². The van der Waals surface area contributed by atoms with Gasteiger partial charge in [-0.05, 0) is 6.92 Å². The fourth-order valence-electron chi connectivity index (χ4n) is 1.85. The Morgan fingerprint density at radius 2 is 2.11 bits per heavy atom. The van der Waals surface area contributed by atoms with E-state index in [1.165, 1.54) is 7.11 Å². The van der Waals surface area contributed by atoms with Crippen molar-refractivity contribution in [1.29, 1.82) is 0 Å². The fraction of sp³-hybridized carbons (Fsp3) is 0.818. The van der Waals surface area contributed by atoms with E-state index in [9.17, 15) is 9.59 Å². The Morgan fingerprint density at radius 3 is 2.56 bits per heavy atom. The zero-order chi connectivity index (χ0) is 13.8. The predicted octanol–water partition coefficient (Wildman–Crippen LogP) is -0.948. The van der Waals surface area contributed by atoms with Crippen LogP contribution in [0.3, 0.4) is 0 Å². The highest BCUT2D eigenvalue weighted by molar-refractivity contribution is 5.78. The van der Waals surface area contributed by atoms with Gasteiger partial charge in [-0.25, -0.2) is 4.79 Å². The van der Waals surface area contributed by atoms with Crippen LogP contribution in [0.5, 0.6) is 0 Å². The standard InChI is InChI=1S/C11H20N2O5/c1-11(18-5-10(15)16)6-13(7-11)9(14)3-8(4-12)17-2/h8H,3-7,12H2,1-2H3,(H,15,16). The molecule has 104 valence electrons. The number of likely N-dealkylation sites (tertiary alicyclic amines) is 1. The van der Waals surface area contributed by atoms with Crippen LogP contribution in [0.2, 0.25) is 0 Å². The van der Waals surface area contributed by atoms with Crippen molar-refractivity contribution in [1.82, 2.24) is 4.90 Å². The lowest BCUT2D eigenvalue weighted by Crippen LogP contribution is -2.63. The molecule has 0 saturated carbocycles. The van der Waals surface area contributed by atoms with Crippen LogP contribution in [0.15, 0.2) is 0 Å². The molecule has 1 aliphatic rings. The first kappa shape index (κ1) is 14.9. The molecule has 7 heteroatoms. The van der Waals surface area contributed by atoms with Crippen LogP contribution in [-0.2, 0) is 19.1 Å². The third-order valence-corrected chi connectivity index (χ3v) is 2.95. The second kappa shape index (κ2) is 6.12. The van der Waals surface area contributed by atoms with E-state index in [4.69, 9.17) is 20.3 Å². The number of nitrogens with two attached hydrogens (primary N) is 1. The summed E-state index contributed by atoms with van der Waals surface area (Å²) in [5.41, 5.74) is 4.88. The molecule has 0 bridgehead atoms. The van der Waals surface area contributed by atoms with Crippen molar-refractivity contribution >= 4 is 11.9 Å². The average Bonchev–Trinajstić information content (AvgIpc) is 2.29. The fourth-order valence-corrected chi connectivity index (χ4v) is 1.85. The molecular weight excluding hydrogens is 240 g/mol. The third kappa shape index (κ3) is 3.94. The number of hydrogen-bond acceptors (Lipinski definition) is 5. The van der Waals surface area contributed by atoms with E-state index in [0.29, 0.717) is 19.6 Å². The molecule has 7 nitrogen and oxygen atoms in total. The number of carboxylic acids is 1. The number of carbonyl (C=O) groups is 2. The molecule has 0 aliphatic carbocycles. The Kier molecular flexibility index (Phi) is 5.06. The minimum Gasteiger partial charge on any atom is -0.480 e. The van der Waals surface area contributed by atoms with E-state index < -0.39 is 11.6 Å². The number of amides is 1. The Balaban J connectivity index is 2.32. The summed E-state index contributed by atoms with van der Waals surface area (Å²) in [6.07, 6.45) is -0.0357. The molecule has 0 aromatic rings. The average molecular weight is 260 g/mol. The highest BCUT2D eigenvalue weighted by Crippen LogP contribution is 2.25. The lowest BCUT2D eigenvalue weighted by atomic mass is 9.95. The summed E-state index contributed by atoms with van der Waals surface area (Å²) >= 11 is 0. The molecule has 1 heterocycles. The summed E-state index contributed by atoms with van der Waals surface area (Å²) in [6.45, 7) is 2.54. The smallest absolute Gasteiger partial charge is 0.329 e. The van der Waals surface area contributed by atoms with E-state index >= 15 is 0 Å². The van der Waals surface area contributed by atoms with Crippen LogP contribution in [0.25, 0.3) is 0 Å². The normalized spacial score (nSPS) is 19.2. The second-order valence-electron chi connectivity index (χ2n) is 4.68. The van der Waals surface area contributed by atoms with Crippen molar-refractivity contribution in [3.63, 3.8) is 0 Å². The quantitative estimate of drug-likeness (QED) is 0.612. The Labute approximate surface area is 106 Å². The first-order chi connectivity index (χ1) is 8.40. The Hall–Kier alpha value is -1.18. The van der Waals surface area contributed by atoms with Gasteiger partial charge >= 0.3 is 5.97 Å². The number of aliphatic carboxylic acids is 1. The van der Waals surface area contributed by atoms with E-state index in [1.807, 2.05) is 0 Å². The molecule has 1 aliphatic heterocycles.